The molecule has 2 bridgehead atoms. The van der Waals surface area contributed by atoms with Crippen molar-refractivity contribution in [1.82, 2.24) is 0 Å². The van der Waals surface area contributed by atoms with Crippen molar-refractivity contribution >= 4 is 17.7 Å². The molecule has 2 fully saturated rings. The molecule has 1 N–H and O–H groups in total. The number of fused-ring (bicyclic) bond motifs is 2. The van der Waals surface area contributed by atoms with E-state index in [1.165, 1.54) is 56.5 Å². The molecule has 2 aliphatic rings. The number of allylic oxidation sites excluding steroid dienone is 2. The van der Waals surface area contributed by atoms with Crippen LogP contribution in [0, 0.1) is 11.8 Å². The van der Waals surface area contributed by atoms with Gasteiger partial charge in [-0.05, 0) is 68.3 Å². The monoisotopic (exact) mass is 368 g/mol. The molecule has 3 nitrogen and oxygen atoms in total. The van der Waals surface area contributed by atoms with E-state index in [1.54, 1.807) is 0 Å². The van der Waals surface area contributed by atoms with E-state index in [4.69, 9.17) is 9.84 Å². The lowest BCUT2D eigenvalue weighted by atomic mass is 9.76. The highest BCUT2D eigenvalue weighted by molar-refractivity contribution is 7.99. The van der Waals surface area contributed by atoms with Crippen LogP contribution in [0.2, 0.25) is 0 Å². The summed E-state index contributed by atoms with van der Waals surface area (Å²) in [4.78, 5) is 10.5. The Morgan fingerprint density at radius 2 is 1.88 bits per heavy atom. The Labute approximate surface area is 158 Å². The first-order valence-corrected chi connectivity index (χ1v) is 11.5. The summed E-state index contributed by atoms with van der Waals surface area (Å²) >= 11 is 2.13. The highest BCUT2D eigenvalue weighted by Gasteiger charge is 2.47. The average Bonchev–Trinajstić information content (AvgIpc) is 3.19. The Bertz CT molecular complexity index is 410. The van der Waals surface area contributed by atoms with Gasteiger partial charge in [-0.15, -0.1) is 0 Å². The zero-order valence-electron chi connectivity index (χ0n) is 15.8. The standard InChI is InChI=1S/C21H36O3S/c1-2-3-4-9-15-25-16-14-18-17(19-12-13-20(18)24-19)10-7-5-6-8-11-21(22)23/h5,7,17-20H,2-4,6,8-16H2,1H3,(H,22,23)/t17-,18-,19-,20+/m1/s1. The number of carbonyl (C=O) groups is 1. The van der Waals surface area contributed by atoms with Crippen LogP contribution in [-0.2, 0) is 9.53 Å². The van der Waals surface area contributed by atoms with E-state index in [0.29, 0.717) is 18.1 Å². The summed E-state index contributed by atoms with van der Waals surface area (Å²) < 4.78 is 6.20. The predicted octanol–water partition coefficient (Wildman–Crippen LogP) is 5.68. The minimum Gasteiger partial charge on any atom is -0.481 e. The van der Waals surface area contributed by atoms with Crippen LogP contribution in [0.4, 0.5) is 0 Å². The van der Waals surface area contributed by atoms with Gasteiger partial charge in [0.05, 0.1) is 12.2 Å². The summed E-state index contributed by atoms with van der Waals surface area (Å²) in [5.74, 6) is 3.33. The maximum Gasteiger partial charge on any atom is 0.303 e. The van der Waals surface area contributed by atoms with E-state index in [-0.39, 0.29) is 6.42 Å². The van der Waals surface area contributed by atoms with E-state index >= 15 is 0 Å². The molecule has 2 aliphatic heterocycles. The van der Waals surface area contributed by atoms with Gasteiger partial charge in [0.15, 0.2) is 0 Å². The lowest BCUT2D eigenvalue weighted by molar-refractivity contribution is -0.137. The summed E-state index contributed by atoms with van der Waals surface area (Å²) in [7, 11) is 0. The molecule has 0 radical (unpaired) electrons. The molecule has 2 rings (SSSR count). The molecule has 0 aromatic carbocycles. The Balaban J connectivity index is 1.63. The SMILES string of the molecule is CCCCCCSCC[C@@H]1[C@@H](CC=CCCCC(=O)O)[C@H]2CC[C@@H]1O2. The van der Waals surface area contributed by atoms with E-state index in [1.807, 2.05) is 0 Å². The molecule has 0 aromatic heterocycles. The van der Waals surface area contributed by atoms with E-state index in [0.717, 1.165) is 25.2 Å². The zero-order valence-corrected chi connectivity index (χ0v) is 16.6. The molecule has 0 unspecified atom stereocenters. The quantitative estimate of drug-likeness (QED) is 0.316. The Kier molecular flexibility index (Phi) is 10.0. The molecule has 0 aliphatic carbocycles. The van der Waals surface area contributed by atoms with Gasteiger partial charge in [0.1, 0.15) is 0 Å². The Morgan fingerprint density at radius 1 is 1.08 bits per heavy atom. The van der Waals surface area contributed by atoms with Crippen molar-refractivity contribution in [3.8, 4) is 0 Å². The van der Waals surface area contributed by atoms with Crippen molar-refractivity contribution < 1.29 is 14.6 Å². The van der Waals surface area contributed by atoms with E-state index < -0.39 is 5.97 Å². The molecule has 4 atom stereocenters. The van der Waals surface area contributed by atoms with Crippen molar-refractivity contribution in [3.63, 3.8) is 0 Å². The van der Waals surface area contributed by atoms with Gasteiger partial charge in [0, 0.05) is 6.42 Å². The topological polar surface area (TPSA) is 46.5 Å². The molecule has 4 heteroatoms. The Morgan fingerprint density at radius 3 is 2.64 bits per heavy atom. The number of carboxylic acids is 1. The third-order valence-electron chi connectivity index (χ3n) is 5.66. The minimum absolute atomic E-state index is 0.277. The van der Waals surface area contributed by atoms with Crippen LogP contribution in [0.5, 0.6) is 0 Å². The van der Waals surface area contributed by atoms with Gasteiger partial charge in [-0.25, -0.2) is 0 Å². The van der Waals surface area contributed by atoms with Crippen LogP contribution >= 0.6 is 11.8 Å². The molecule has 0 amide bonds. The third kappa shape index (κ3) is 7.34. The second-order valence-electron chi connectivity index (χ2n) is 7.57. The number of carboxylic acid groups (broad SMARTS) is 1. The molecule has 0 spiro atoms. The first-order chi connectivity index (χ1) is 12.2. The summed E-state index contributed by atoms with van der Waals surface area (Å²) in [6.45, 7) is 2.27. The van der Waals surface area contributed by atoms with Gasteiger partial charge < -0.3 is 9.84 Å². The van der Waals surface area contributed by atoms with Gasteiger partial charge >= 0.3 is 5.97 Å². The van der Waals surface area contributed by atoms with E-state index in [2.05, 4.69) is 30.8 Å². The molecular formula is C21H36O3S. The van der Waals surface area contributed by atoms with Crippen molar-refractivity contribution in [1.29, 1.82) is 0 Å². The zero-order chi connectivity index (χ0) is 17.9. The Hall–Kier alpha value is -0.480. The fourth-order valence-electron chi connectivity index (χ4n) is 4.29. The normalized spacial score (nSPS) is 28.2. The molecule has 25 heavy (non-hydrogen) atoms. The van der Waals surface area contributed by atoms with Gasteiger partial charge in [-0.2, -0.15) is 11.8 Å². The summed E-state index contributed by atoms with van der Waals surface area (Å²) in [5.41, 5.74) is 0. The number of rotatable bonds is 14. The summed E-state index contributed by atoms with van der Waals surface area (Å²) in [5, 5.41) is 8.67. The maximum absolute atomic E-state index is 10.5. The van der Waals surface area contributed by atoms with Crippen LogP contribution in [-0.4, -0.2) is 34.8 Å². The minimum atomic E-state index is -0.692. The second kappa shape index (κ2) is 12.0. The van der Waals surface area contributed by atoms with Crippen LogP contribution in [0.15, 0.2) is 12.2 Å². The van der Waals surface area contributed by atoms with Crippen LogP contribution in [0.25, 0.3) is 0 Å². The summed E-state index contributed by atoms with van der Waals surface area (Å²) in [6, 6.07) is 0. The number of hydrogen-bond donors (Lipinski definition) is 1. The summed E-state index contributed by atoms with van der Waals surface area (Å²) in [6.07, 6.45) is 17.7. The van der Waals surface area contributed by atoms with Crippen LogP contribution < -0.4 is 0 Å². The number of unbranched alkanes of at least 4 members (excludes halogenated alkanes) is 4. The largest absolute Gasteiger partial charge is 0.481 e. The molecule has 144 valence electrons. The van der Waals surface area contributed by atoms with Crippen molar-refractivity contribution in [2.24, 2.45) is 11.8 Å². The van der Waals surface area contributed by atoms with Gasteiger partial charge in [-0.1, -0.05) is 38.3 Å². The molecule has 2 saturated heterocycles. The molecular weight excluding hydrogens is 332 g/mol. The molecule has 0 saturated carbocycles. The van der Waals surface area contributed by atoms with Crippen LogP contribution in [0.1, 0.15) is 77.6 Å². The predicted molar refractivity (Wildman–Crippen MR) is 106 cm³/mol. The second-order valence-corrected chi connectivity index (χ2v) is 8.80. The number of thioether (sulfide) groups is 1. The fraction of sp³-hybridized carbons (Fsp3) is 0.857. The van der Waals surface area contributed by atoms with Gasteiger partial charge in [0.2, 0.25) is 0 Å². The third-order valence-corrected chi connectivity index (χ3v) is 6.77. The fourth-order valence-corrected chi connectivity index (χ4v) is 5.34. The maximum atomic E-state index is 10.5. The van der Waals surface area contributed by atoms with E-state index in [9.17, 15) is 4.79 Å². The smallest absolute Gasteiger partial charge is 0.303 e. The van der Waals surface area contributed by atoms with Gasteiger partial charge in [0.25, 0.3) is 0 Å². The number of hydrogen-bond acceptors (Lipinski definition) is 3. The van der Waals surface area contributed by atoms with Crippen LogP contribution in [0.3, 0.4) is 0 Å². The highest BCUT2D eigenvalue weighted by atomic mass is 32.2. The average molecular weight is 369 g/mol. The lowest BCUT2D eigenvalue weighted by Crippen LogP contribution is -2.27. The molecule has 0 aromatic rings. The number of aliphatic carboxylic acids is 1. The molecule has 2 heterocycles. The highest BCUT2D eigenvalue weighted by Crippen LogP contribution is 2.47. The number of ether oxygens (including phenoxy) is 1. The first kappa shape index (κ1) is 20.8. The van der Waals surface area contributed by atoms with Crippen molar-refractivity contribution in [2.45, 2.75) is 89.8 Å². The van der Waals surface area contributed by atoms with Gasteiger partial charge in [-0.3, -0.25) is 4.79 Å². The lowest BCUT2D eigenvalue weighted by Gasteiger charge is -2.27. The van der Waals surface area contributed by atoms with Crippen molar-refractivity contribution in [2.75, 3.05) is 11.5 Å². The first-order valence-electron chi connectivity index (χ1n) is 10.3. The van der Waals surface area contributed by atoms with Crippen molar-refractivity contribution in [3.05, 3.63) is 12.2 Å².